The van der Waals surface area contributed by atoms with E-state index < -0.39 is 11.7 Å². The van der Waals surface area contributed by atoms with Crippen LogP contribution in [0.2, 0.25) is 0 Å². The molecular formula is C28H32FN5O3. The predicted molar refractivity (Wildman–Crippen MR) is 141 cm³/mol. The van der Waals surface area contributed by atoms with E-state index in [0.29, 0.717) is 18.9 Å². The van der Waals surface area contributed by atoms with Gasteiger partial charge in [0.15, 0.2) is 5.96 Å². The highest BCUT2D eigenvalue weighted by Crippen LogP contribution is 2.39. The highest BCUT2D eigenvalue weighted by atomic mass is 19.1. The van der Waals surface area contributed by atoms with E-state index in [1.165, 1.54) is 28.8 Å². The van der Waals surface area contributed by atoms with E-state index in [0.717, 1.165) is 25.3 Å². The molecule has 3 aromatic carbocycles. The van der Waals surface area contributed by atoms with Gasteiger partial charge in [0.2, 0.25) is 5.91 Å². The van der Waals surface area contributed by atoms with Crippen LogP contribution in [-0.2, 0) is 4.79 Å². The number of benzene rings is 3. The minimum Gasteiger partial charge on any atom is -0.370 e. The number of amides is 2. The largest absolute Gasteiger partial charge is 0.370 e. The summed E-state index contributed by atoms with van der Waals surface area (Å²) in [5.74, 6) is -1.29. The van der Waals surface area contributed by atoms with Crippen LogP contribution in [0.15, 0.2) is 72.8 Å². The number of carbonyl (C=O) groups is 2. The minimum absolute atomic E-state index is 0.0333. The topological polar surface area (TPSA) is 140 Å². The lowest BCUT2D eigenvalue weighted by Gasteiger charge is -2.27. The van der Waals surface area contributed by atoms with Gasteiger partial charge < -0.3 is 16.4 Å². The Morgan fingerprint density at radius 1 is 0.892 bits per heavy atom. The molecule has 5 rings (SSSR count). The maximum Gasteiger partial charge on any atom is 0.251 e. The summed E-state index contributed by atoms with van der Waals surface area (Å²) in [7, 11) is 0. The van der Waals surface area contributed by atoms with Crippen LogP contribution in [-0.4, -0.2) is 29.5 Å². The van der Waals surface area contributed by atoms with Crippen molar-refractivity contribution in [3.8, 4) is 0 Å². The van der Waals surface area contributed by atoms with E-state index in [1.807, 2.05) is 0 Å². The van der Waals surface area contributed by atoms with Gasteiger partial charge in [-0.2, -0.15) is 0 Å². The third-order valence-electron chi connectivity index (χ3n) is 5.95. The monoisotopic (exact) mass is 505 g/mol. The van der Waals surface area contributed by atoms with Crippen molar-refractivity contribution in [2.24, 2.45) is 5.73 Å². The zero-order valence-corrected chi connectivity index (χ0v) is 20.5. The number of carbonyl (C=O) groups excluding carboxylic acids is 2. The highest BCUT2D eigenvalue weighted by Gasteiger charge is 2.23. The van der Waals surface area contributed by atoms with Gasteiger partial charge in [0.1, 0.15) is 5.82 Å². The number of nitrogens with one attached hydrogen (secondary N) is 4. The van der Waals surface area contributed by atoms with Crippen molar-refractivity contribution < 1.29 is 19.2 Å². The van der Waals surface area contributed by atoms with E-state index in [9.17, 15) is 14.0 Å². The van der Waals surface area contributed by atoms with Crippen molar-refractivity contribution in [3.63, 3.8) is 0 Å². The van der Waals surface area contributed by atoms with E-state index in [1.54, 1.807) is 5.48 Å². The molecule has 37 heavy (non-hydrogen) atoms. The first-order valence-electron chi connectivity index (χ1n) is 12.2. The van der Waals surface area contributed by atoms with Crippen LogP contribution in [0.3, 0.4) is 0 Å². The molecule has 3 aromatic rings. The van der Waals surface area contributed by atoms with Crippen LogP contribution in [0, 0.1) is 11.2 Å². The number of fused-ring (bicyclic) bond motifs is 2. The van der Waals surface area contributed by atoms with Crippen LogP contribution >= 0.6 is 0 Å². The SMILES string of the molecule is C1=CC2=CC(=C1)C2c1ccccc1.N=C(N)Nc1ccc(C(=O)NCCCCCCC(=O)NO)cc1F. The number of halogens is 1. The first kappa shape index (κ1) is 27.3. The first-order chi connectivity index (χ1) is 17.9. The maximum atomic E-state index is 13.7. The van der Waals surface area contributed by atoms with Gasteiger partial charge in [-0.05, 0) is 47.7 Å². The number of nitrogens with two attached hydrogens (primary N) is 1. The third-order valence-corrected chi connectivity index (χ3v) is 5.95. The fourth-order valence-electron chi connectivity index (χ4n) is 4.07. The molecule has 2 amide bonds. The molecule has 0 saturated heterocycles. The lowest BCUT2D eigenvalue weighted by atomic mass is 9.76. The van der Waals surface area contributed by atoms with Crippen LogP contribution in [0.25, 0.3) is 0 Å². The molecule has 0 fully saturated rings. The zero-order chi connectivity index (χ0) is 26.6. The highest BCUT2D eigenvalue weighted by molar-refractivity contribution is 5.95. The lowest BCUT2D eigenvalue weighted by Crippen LogP contribution is -2.25. The number of hydrogen-bond acceptors (Lipinski definition) is 4. The van der Waals surface area contributed by atoms with Crippen molar-refractivity contribution in [1.29, 1.82) is 5.41 Å². The van der Waals surface area contributed by atoms with E-state index in [-0.39, 0.29) is 29.5 Å². The predicted octanol–water partition coefficient (Wildman–Crippen LogP) is 4.50. The molecule has 0 unspecified atom stereocenters. The van der Waals surface area contributed by atoms with Gasteiger partial charge in [-0.25, -0.2) is 9.87 Å². The standard InChI is InChI=1S/C15H22FN5O3.C13H10/c16-11-9-10(6-7-12(11)20-15(17)18)14(23)19-8-4-2-1-3-5-13(22)21-24;1-2-5-10(6-3-1)13-11-7-4-8-12(13)9-11/h6-7,9,24H,1-5,8H2,(H,19,23)(H,21,22)(H4,17,18,20);1-9,13H. The fourth-order valence-corrected chi connectivity index (χ4v) is 4.07. The van der Waals surface area contributed by atoms with Crippen LogP contribution in [0.4, 0.5) is 10.1 Å². The Bertz CT molecular complexity index is 1190. The smallest absolute Gasteiger partial charge is 0.251 e. The average Bonchev–Trinajstić information content (AvgIpc) is 2.90. The number of hydroxylamine groups is 1. The third kappa shape index (κ3) is 8.15. The van der Waals surface area contributed by atoms with Gasteiger partial charge in [-0.1, -0.05) is 67.4 Å². The summed E-state index contributed by atoms with van der Waals surface area (Å²) in [6, 6.07) is 23.3. The second kappa shape index (κ2) is 13.7. The zero-order valence-electron chi connectivity index (χ0n) is 20.5. The van der Waals surface area contributed by atoms with Gasteiger partial charge in [0.05, 0.1) is 5.69 Å². The quantitative estimate of drug-likeness (QED) is 0.0619. The van der Waals surface area contributed by atoms with Gasteiger partial charge in [-0.15, -0.1) is 0 Å². The first-order valence-corrected chi connectivity index (χ1v) is 12.2. The molecule has 0 aliphatic heterocycles. The molecule has 194 valence electrons. The van der Waals surface area contributed by atoms with Crippen molar-refractivity contribution in [2.75, 3.05) is 11.9 Å². The van der Waals surface area contributed by atoms with Gasteiger partial charge >= 0.3 is 0 Å². The molecule has 0 heterocycles. The van der Waals surface area contributed by atoms with Gasteiger partial charge in [-0.3, -0.25) is 20.2 Å². The van der Waals surface area contributed by atoms with Crippen molar-refractivity contribution >= 4 is 23.5 Å². The van der Waals surface area contributed by atoms with Crippen molar-refractivity contribution in [3.05, 3.63) is 101 Å². The average molecular weight is 506 g/mol. The fraction of sp³-hybridized carbons (Fsp3) is 0.250. The summed E-state index contributed by atoms with van der Waals surface area (Å²) >= 11 is 0. The van der Waals surface area contributed by atoms with Gasteiger partial charge in [0, 0.05) is 24.4 Å². The molecule has 2 aliphatic carbocycles. The molecule has 0 spiro atoms. The summed E-state index contributed by atoms with van der Waals surface area (Å²) in [6.45, 7) is 0.445. The summed E-state index contributed by atoms with van der Waals surface area (Å²) < 4.78 is 13.7. The normalized spacial score (nSPS) is 11.4. The summed E-state index contributed by atoms with van der Waals surface area (Å²) in [5.41, 5.74) is 11.2. The number of rotatable bonds is 10. The van der Waals surface area contributed by atoms with Crippen LogP contribution in [0.5, 0.6) is 0 Å². The molecule has 0 radical (unpaired) electrons. The molecule has 2 bridgehead atoms. The summed E-state index contributed by atoms with van der Waals surface area (Å²) in [4.78, 5) is 22.7. The second-order valence-electron chi connectivity index (χ2n) is 8.70. The Balaban J connectivity index is 0.000000241. The van der Waals surface area contributed by atoms with E-state index in [2.05, 4.69) is 65.2 Å². The molecule has 2 aliphatic rings. The van der Waals surface area contributed by atoms with E-state index >= 15 is 0 Å². The maximum absolute atomic E-state index is 13.7. The molecule has 8 nitrogen and oxygen atoms in total. The number of hydrogen-bond donors (Lipinski definition) is 6. The Morgan fingerprint density at radius 3 is 2.19 bits per heavy atom. The number of guanidine groups is 1. The lowest BCUT2D eigenvalue weighted by molar-refractivity contribution is -0.129. The Hall–Kier alpha value is -4.24. The molecular weight excluding hydrogens is 473 g/mol. The Labute approximate surface area is 215 Å². The Kier molecular flexibility index (Phi) is 10.2. The van der Waals surface area contributed by atoms with E-state index in [4.69, 9.17) is 16.4 Å². The Morgan fingerprint density at radius 2 is 1.57 bits per heavy atom. The van der Waals surface area contributed by atoms with Crippen molar-refractivity contribution in [1.82, 2.24) is 10.8 Å². The van der Waals surface area contributed by atoms with Gasteiger partial charge in [0.25, 0.3) is 5.91 Å². The number of unbranched alkanes of at least 4 members (excludes halogenated alkanes) is 3. The molecule has 7 N–H and O–H groups in total. The van der Waals surface area contributed by atoms with Crippen LogP contribution in [0.1, 0.15) is 65.1 Å². The molecule has 0 atom stereocenters. The number of anilines is 1. The summed E-state index contributed by atoms with van der Waals surface area (Å²) in [6.07, 6.45) is 3.30. The van der Waals surface area contributed by atoms with Crippen LogP contribution < -0.4 is 21.8 Å². The summed E-state index contributed by atoms with van der Waals surface area (Å²) in [5, 5.41) is 20.4. The molecule has 0 saturated carbocycles. The molecule has 0 aromatic heterocycles. The molecule has 9 heteroatoms. The minimum atomic E-state index is -0.667. The second-order valence-corrected chi connectivity index (χ2v) is 8.70. The van der Waals surface area contributed by atoms with Crippen molar-refractivity contribution in [2.45, 2.75) is 38.0 Å².